The van der Waals surface area contributed by atoms with Gasteiger partial charge in [0.25, 0.3) is 15.0 Å². The van der Waals surface area contributed by atoms with Gasteiger partial charge in [0, 0.05) is 22.8 Å². The monoisotopic (exact) mass is 335 g/mol. The average Bonchev–Trinajstić information content (AvgIpc) is 2.40. The van der Waals surface area contributed by atoms with Crippen molar-refractivity contribution in [1.29, 1.82) is 0 Å². The van der Waals surface area contributed by atoms with Crippen LogP contribution in [0.2, 0.25) is 0 Å². The van der Waals surface area contributed by atoms with Gasteiger partial charge >= 0.3 is 0 Å². The van der Waals surface area contributed by atoms with Crippen molar-refractivity contribution in [2.75, 3.05) is 6.54 Å². The lowest BCUT2D eigenvalue weighted by Gasteiger charge is -2.15. The van der Waals surface area contributed by atoms with Crippen LogP contribution < -0.4 is 5.32 Å². The third-order valence-electron chi connectivity index (χ3n) is 3.54. The van der Waals surface area contributed by atoms with E-state index in [9.17, 15) is 17.6 Å². The van der Waals surface area contributed by atoms with Crippen molar-refractivity contribution in [3.8, 4) is 0 Å². The van der Waals surface area contributed by atoms with Crippen LogP contribution >= 0.6 is 10.7 Å². The van der Waals surface area contributed by atoms with Gasteiger partial charge in [0.15, 0.2) is 0 Å². The van der Waals surface area contributed by atoms with E-state index in [2.05, 4.69) is 5.32 Å². The van der Waals surface area contributed by atoms with E-state index < -0.39 is 20.8 Å². The number of rotatable bonds is 6. The zero-order chi connectivity index (χ0) is 16.2. The van der Waals surface area contributed by atoms with Gasteiger partial charge in [0.1, 0.15) is 5.82 Å². The van der Waals surface area contributed by atoms with E-state index in [4.69, 9.17) is 10.7 Å². The Morgan fingerprint density at radius 3 is 2.38 bits per heavy atom. The van der Waals surface area contributed by atoms with Crippen molar-refractivity contribution in [3.63, 3.8) is 0 Å². The van der Waals surface area contributed by atoms with Crippen LogP contribution in [-0.2, 0) is 9.05 Å². The quantitative estimate of drug-likeness (QED) is 0.812. The maximum Gasteiger partial charge on any atom is 0.261 e. The molecule has 0 unspecified atom stereocenters. The van der Waals surface area contributed by atoms with E-state index in [1.165, 1.54) is 6.92 Å². The number of halogens is 2. The van der Waals surface area contributed by atoms with E-state index in [0.29, 0.717) is 12.5 Å². The summed E-state index contributed by atoms with van der Waals surface area (Å²) in [6, 6.07) is 1.83. The van der Waals surface area contributed by atoms with Crippen molar-refractivity contribution in [3.05, 3.63) is 29.1 Å². The second-order valence-corrected chi connectivity index (χ2v) is 7.44. The molecule has 0 aromatic heterocycles. The molecule has 118 valence electrons. The average molecular weight is 336 g/mol. The Hall–Kier alpha value is -1.14. The van der Waals surface area contributed by atoms with Crippen LogP contribution in [0.3, 0.4) is 0 Å². The largest absolute Gasteiger partial charge is 0.352 e. The predicted octanol–water partition coefficient (Wildman–Crippen LogP) is 3.23. The fourth-order valence-corrected chi connectivity index (χ4v) is 3.26. The Bertz CT molecular complexity index is 627. The molecular formula is C14H19ClFNO3S. The molecule has 0 spiro atoms. The van der Waals surface area contributed by atoms with Crippen LogP contribution in [0, 0.1) is 18.7 Å². The number of amides is 1. The van der Waals surface area contributed by atoms with Crippen LogP contribution in [0.15, 0.2) is 17.0 Å². The fraction of sp³-hybridized carbons (Fsp3) is 0.500. The number of carbonyl (C=O) groups is 1. The first-order chi connectivity index (χ1) is 9.70. The normalized spacial score (nSPS) is 11.7. The standard InChI is InChI=1S/C14H19ClFNO3S/c1-4-10(5-2)8-17-14(18)12-6-11(16)7-13(9(12)3)21(15,19)20/h6-7,10H,4-5,8H2,1-3H3,(H,17,18). The first-order valence-corrected chi connectivity index (χ1v) is 9.04. The summed E-state index contributed by atoms with van der Waals surface area (Å²) >= 11 is 0. The maximum atomic E-state index is 13.5. The predicted molar refractivity (Wildman–Crippen MR) is 80.6 cm³/mol. The summed E-state index contributed by atoms with van der Waals surface area (Å²) in [4.78, 5) is 11.7. The topological polar surface area (TPSA) is 63.2 Å². The van der Waals surface area contributed by atoms with Crippen molar-refractivity contribution in [1.82, 2.24) is 5.32 Å². The van der Waals surface area contributed by atoms with Crippen molar-refractivity contribution < 1.29 is 17.6 Å². The zero-order valence-corrected chi connectivity index (χ0v) is 13.8. The minimum Gasteiger partial charge on any atom is -0.352 e. The molecule has 1 aromatic carbocycles. The molecule has 7 heteroatoms. The summed E-state index contributed by atoms with van der Waals surface area (Å²) in [5.41, 5.74) is 0.133. The number of benzene rings is 1. The molecule has 0 fully saturated rings. The molecule has 0 aliphatic rings. The van der Waals surface area contributed by atoms with E-state index >= 15 is 0 Å². The zero-order valence-electron chi connectivity index (χ0n) is 12.2. The van der Waals surface area contributed by atoms with Crippen LogP contribution in [0.1, 0.15) is 42.6 Å². The van der Waals surface area contributed by atoms with Gasteiger partial charge in [0.05, 0.1) is 4.90 Å². The minimum absolute atomic E-state index is 0.0137. The second kappa shape index (κ2) is 7.22. The van der Waals surface area contributed by atoms with Crippen LogP contribution in [-0.4, -0.2) is 20.9 Å². The molecular weight excluding hydrogens is 317 g/mol. The molecule has 0 aliphatic carbocycles. The molecule has 0 bridgehead atoms. The van der Waals surface area contributed by atoms with Gasteiger partial charge in [-0.2, -0.15) is 0 Å². The SMILES string of the molecule is CCC(CC)CNC(=O)c1cc(F)cc(S(=O)(=O)Cl)c1C. The van der Waals surface area contributed by atoms with E-state index in [0.717, 1.165) is 25.0 Å². The third-order valence-corrected chi connectivity index (χ3v) is 4.99. The van der Waals surface area contributed by atoms with E-state index in [1.54, 1.807) is 0 Å². The molecule has 0 saturated carbocycles. The summed E-state index contributed by atoms with van der Waals surface area (Å²) in [5.74, 6) is -0.980. The van der Waals surface area contributed by atoms with Gasteiger partial charge < -0.3 is 5.32 Å². The molecule has 21 heavy (non-hydrogen) atoms. The maximum absolute atomic E-state index is 13.5. The number of hydrogen-bond donors (Lipinski definition) is 1. The van der Waals surface area contributed by atoms with Crippen molar-refractivity contribution in [2.24, 2.45) is 5.92 Å². The van der Waals surface area contributed by atoms with Gasteiger partial charge in [-0.1, -0.05) is 26.7 Å². The van der Waals surface area contributed by atoms with E-state index in [-0.39, 0.29) is 16.0 Å². The first kappa shape index (κ1) is 17.9. The van der Waals surface area contributed by atoms with Gasteiger partial charge in [-0.25, -0.2) is 12.8 Å². The van der Waals surface area contributed by atoms with Gasteiger partial charge in [0.2, 0.25) is 0 Å². The molecule has 0 heterocycles. The smallest absolute Gasteiger partial charge is 0.261 e. The summed E-state index contributed by atoms with van der Waals surface area (Å²) < 4.78 is 36.3. The summed E-state index contributed by atoms with van der Waals surface area (Å²) in [6.45, 7) is 5.93. The van der Waals surface area contributed by atoms with Crippen LogP contribution in [0.25, 0.3) is 0 Å². The molecule has 4 nitrogen and oxygen atoms in total. The molecule has 0 saturated heterocycles. The lowest BCUT2D eigenvalue weighted by atomic mass is 10.0. The molecule has 1 aromatic rings. The molecule has 0 atom stereocenters. The van der Waals surface area contributed by atoms with Crippen LogP contribution in [0.4, 0.5) is 4.39 Å². The molecule has 1 N–H and O–H groups in total. The lowest BCUT2D eigenvalue weighted by Crippen LogP contribution is -2.29. The Labute approximate surface area is 129 Å². The molecule has 1 amide bonds. The molecule has 0 radical (unpaired) electrons. The van der Waals surface area contributed by atoms with Crippen LogP contribution in [0.5, 0.6) is 0 Å². The fourth-order valence-electron chi connectivity index (χ4n) is 2.05. The van der Waals surface area contributed by atoms with Gasteiger partial charge in [-0.3, -0.25) is 4.79 Å². The summed E-state index contributed by atoms with van der Waals surface area (Å²) in [5, 5.41) is 2.70. The Balaban J connectivity index is 3.08. The number of carbonyl (C=O) groups excluding carboxylic acids is 1. The highest BCUT2D eigenvalue weighted by Gasteiger charge is 2.21. The van der Waals surface area contributed by atoms with Crippen molar-refractivity contribution in [2.45, 2.75) is 38.5 Å². The lowest BCUT2D eigenvalue weighted by molar-refractivity contribution is 0.0945. The van der Waals surface area contributed by atoms with Gasteiger partial charge in [-0.15, -0.1) is 0 Å². The van der Waals surface area contributed by atoms with Gasteiger partial charge in [-0.05, 0) is 30.5 Å². The summed E-state index contributed by atoms with van der Waals surface area (Å²) in [7, 11) is 1.16. The molecule has 0 aliphatic heterocycles. The van der Waals surface area contributed by atoms with E-state index in [1.807, 2.05) is 13.8 Å². The third kappa shape index (κ3) is 4.68. The molecule has 1 rings (SSSR count). The highest BCUT2D eigenvalue weighted by atomic mass is 35.7. The Morgan fingerprint density at radius 1 is 1.33 bits per heavy atom. The Morgan fingerprint density at radius 2 is 1.90 bits per heavy atom. The second-order valence-electron chi connectivity index (χ2n) is 4.91. The number of nitrogens with one attached hydrogen (secondary N) is 1. The first-order valence-electron chi connectivity index (χ1n) is 6.73. The Kier molecular flexibility index (Phi) is 6.16. The van der Waals surface area contributed by atoms with Crippen molar-refractivity contribution >= 4 is 25.6 Å². The highest BCUT2D eigenvalue weighted by molar-refractivity contribution is 8.13. The summed E-state index contributed by atoms with van der Waals surface area (Å²) in [6.07, 6.45) is 1.83. The highest BCUT2D eigenvalue weighted by Crippen LogP contribution is 2.24. The number of hydrogen-bond acceptors (Lipinski definition) is 3. The minimum atomic E-state index is -4.10.